The summed E-state index contributed by atoms with van der Waals surface area (Å²) in [6, 6.07) is 4.16. The Balaban J connectivity index is 2.59. The fourth-order valence-corrected chi connectivity index (χ4v) is 1.51. The molecule has 0 unspecified atom stereocenters. The Kier molecular flexibility index (Phi) is 3.27. The van der Waals surface area contributed by atoms with E-state index in [1.807, 2.05) is 18.5 Å². The van der Waals surface area contributed by atoms with Crippen molar-refractivity contribution in [1.82, 2.24) is 4.98 Å². The lowest BCUT2D eigenvalue weighted by molar-refractivity contribution is 0.523. The molecule has 0 aliphatic carbocycles. The third-order valence-electron chi connectivity index (χ3n) is 2.08. The molecule has 1 rings (SSSR count). The summed E-state index contributed by atoms with van der Waals surface area (Å²) in [7, 11) is 0. The highest BCUT2D eigenvalue weighted by atomic mass is 14.6. The van der Waals surface area contributed by atoms with E-state index < -0.39 is 0 Å². The van der Waals surface area contributed by atoms with Crippen LogP contribution in [0.1, 0.15) is 38.7 Å². The molecule has 1 atom stereocenters. The predicted octanol–water partition coefficient (Wildman–Crippen LogP) is 3.23. The van der Waals surface area contributed by atoms with Crippen LogP contribution in [0.15, 0.2) is 24.5 Å². The number of rotatable bonds is 3. The van der Waals surface area contributed by atoms with Gasteiger partial charge in [-0.05, 0) is 29.9 Å². The van der Waals surface area contributed by atoms with Crippen molar-refractivity contribution < 1.29 is 0 Å². The molecule has 0 saturated heterocycles. The molecule has 66 valence electrons. The Morgan fingerprint density at radius 2 is 2.08 bits per heavy atom. The molecule has 0 amide bonds. The molecule has 1 nitrogen and oxygen atoms in total. The van der Waals surface area contributed by atoms with Crippen molar-refractivity contribution in [3.63, 3.8) is 0 Å². The van der Waals surface area contributed by atoms with Crippen molar-refractivity contribution >= 4 is 0 Å². The van der Waals surface area contributed by atoms with Crippen molar-refractivity contribution in [2.75, 3.05) is 0 Å². The standard InChI is InChI=1S/C11H17N/c1-9(2)7-10(3)11-5-4-6-12-8-11/h4-6,8-10H,7H2,1-3H3/t10-/m1/s1. The Labute approximate surface area is 74.8 Å². The third kappa shape index (κ3) is 2.65. The quantitative estimate of drug-likeness (QED) is 0.666. The molecule has 1 heterocycles. The van der Waals surface area contributed by atoms with Gasteiger partial charge >= 0.3 is 0 Å². The molecule has 0 N–H and O–H groups in total. The lowest BCUT2D eigenvalue weighted by Crippen LogP contribution is -1.98. The largest absolute Gasteiger partial charge is 0.264 e. The van der Waals surface area contributed by atoms with E-state index in [4.69, 9.17) is 0 Å². The minimum atomic E-state index is 0.638. The zero-order valence-corrected chi connectivity index (χ0v) is 8.12. The van der Waals surface area contributed by atoms with Gasteiger partial charge in [0.25, 0.3) is 0 Å². The molecule has 0 aliphatic heterocycles. The maximum atomic E-state index is 4.11. The summed E-state index contributed by atoms with van der Waals surface area (Å²) in [4.78, 5) is 4.11. The zero-order chi connectivity index (χ0) is 8.97. The van der Waals surface area contributed by atoms with Gasteiger partial charge in [-0.3, -0.25) is 4.98 Å². The molecule has 0 bridgehead atoms. The number of pyridine rings is 1. The second-order valence-corrected chi connectivity index (χ2v) is 3.82. The summed E-state index contributed by atoms with van der Waals surface area (Å²) in [6.45, 7) is 6.77. The topological polar surface area (TPSA) is 12.9 Å². The lowest BCUT2D eigenvalue weighted by atomic mass is 9.93. The van der Waals surface area contributed by atoms with Gasteiger partial charge in [0.15, 0.2) is 0 Å². The molecule has 12 heavy (non-hydrogen) atoms. The Hall–Kier alpha value is -0.850. The van der Waals surface area contributed by atoms with Gasteiger partial charge in [-0.15, -0.1) is 0 Å². The average molecular weight is 163 g/mol. The highest BCUT2D eigenvalue weighted by Gasteiger charge is 2.06. The summed E-state index contributed by atoms with van der Waals surface area (Å²) in [5.74, 6) is 1.40. The van der Waals surface area contributed by atoms with E-state index in [1.165, 1.54) is 12.0 Å². The van der Waals surface area contributed by atoms with Crippen LogP contribution in [0.3, 0.4) is 0 Å². The van der Waals surface area contributed by atoms with Gasteiger partial charge in [0.05, 0.1) is 0 Å². The Morgan fingerprint density at radius 3 is 2.58 bits per heavy atom. The van der Waals surface area contributed by atoms with Crippen LogP contribution >= 0.6 is 0 Å². The normalized spacial score (nSPS) is 13.3. The average Bonchev–Trinajstić information content (AvgIpc) is 2.05. The second-order valence-electron chi connectivity index (χ2n) is 3.82. The van der Waals surface area contributed by atoms with Gasteiger partial charge in [-0.1, -0.05) is 26.8 Å². The van der Waals surface area contributed by atoms with E-state index in [2.05, 4.69) is 31.8 Å². The van der Waals surface area contributed by atoms with Crippen molar-refractivity contribution in [1.29, 1.82) is 0 Å². The van der Waals surface area contributed by atoms with Crippen molar-refractivity contribution in [3.05, 3.63) is 30.1 Å². The fourth-order valence-electron chi connectivity index (χ4n) is 1.51. The van der Waals surface area contributed by atoms with Crippen LogP contribution in [0.25, 0.3) is 0 Å². The number of hydrogen-bond donors (Lipinski definition) is 0. The first-order valence-corrected chi connectivity index (χ1v) is 4.60. The van der Waals surface area contributed by atoms with Crippen molar-refractivity contribution in [2.24, 2.45) is 5.92 Å². The van der Waals surface area contributed by atoms with Gasteiger partial charge in [0.1, 0.15) is 0 Å². The van der Waals surface area contributed by atoms with Gasteiger partial charge < -0.3 is 0 Å². The van der Waals surface area contributed by atoms with Crippen molar-refractivity contribution in [2.45, 2.75) is 33.1 Å². The summed E-state index contributed by atoms with van der Waals surface area (Å²) >= 11 is 0. The van der Waals surface area contributed by atoms with Crippen LogP contribution in [0.2, 0.25) is 0 Å². The van der Waals surface area contributed by atoms with Crippen LogP contribution in [-0.4, -0.2) is 4.98 Å². The molecule has 0 saturated carbocycles. The first kappa shape index (κ1) is 9.24. The summed E-state index contributed by atoms with van der Waals surface area (Å²) in [5, 5.41) is 0. The molecule has 0 radical (unpaired) electrons. The van der Waals surface area contributed by atoms with Crippen LogP contribution in [0.5, 0.6) is 0 Å². The zero-order valence-electron chi connectivity index (χ0n) is 8.12. The highest BCUT2D eigenvalue weighted by molar-refractivity contribution is 5.13. The highest BCUT2D eigenvalue weighted by Crippen LogP contribution is 2.21. The fraction of sp³-hybridized carbons (Fsp3) is 0.545. The van der Waals surface area contributed by atoms with E-state index >= 15 is 0 Å². The SMILES string of the molecule is CC(C)C[C@@H](C)c1cccnc1. The number of aromatic nitrogens is 1. The van der Waals surface area contributed by atoms with Gasteiger partial charge in [0.2, 0.25) is 0 Å². The smallest absolute Gasteiger partial charge is 0.0302 e. The molecular formula is C11H17N. The molecule has 0 aromatic carbocycles. The van der Waals surface area contributed by atoms with E-state index in [0.29, 0.717) is 5.92 Å². The van der Waals surface area contributed by atoms with Gasteiger partial charge in [-0.25, -0.2) is 0 Å². The van der Waals surface area contributed by atoms with Gasteiger partial charge in [-0.2, -0.15) is 0 Å². The Morgan fingerprint density at radius 1 is 1.33 bits per heavy atom. The van der Waals surface area contributed by atoms with E-state index in [1.54, 1.807) is 0 Å². The monoisotopic (exact) mass is 163 g/mol. The van der Waals surface area contributed by atoms with Crippen molar-refractivity contribution in [3.8, 4) is 0 Å². The summed E-state index contributed by atoms with van der Waals surface area (Å²) < 4.78 is 0. The van der Waals surface area contributed by atoms with Crippen LogP contribution in [0.4, 0.5) is 0 Å². The number of nitrogens with zero attached hydrogens (tertiary/aromatic N) is 1. The van der Waals surface area contributed by atoms with Gasteiger partial charge in [0, 0.05) is 12.4 Å². The maximum Gasteiger partial charge on any atom is 0.0302 e. The maximum absolute atomic E-state index is 4.11. The Bertz CT molecular complexity index is 216. The number of hydrogen-bond acceptors (Lipinski definition) is 1. The third-order valence-corrected chi connectivity index (χ3v) is 2.08. The summed E-state index contributed by atoms with van der Waals surface area (Å²) in [6.07, 6.45) is 5.03. The predicted molar refractivity (Wildman–Crippen MR) is 52.1 cm³/mol. The minimum Gasteiger partial charge on any atom is -0.264 e. The van der Waals surface area contributed by atoms with Crippen LogP contribution in [-0.2, 0) is 0 Å². The first-order valence-electron chi connectivity index (χ1n) is 4.60. The molecule has 0 fully saturated rings. The molecule has 1 aromatic heterocycles. The lowest BCUT2D eigenvalue weighted by Gasteiger charge is -2.13. The molecule has 1 heteroatoms. The minimum absolute atomic E-state index is 0.638. The summed E-state index contributed by atoms with van der Waals surface area (Å²) in [5.41, 5.74) is 1.35. The second kappa shape index (κ2) is 4.24. The molecule has 0 spiro atoms. The molecule has 0 aliphatic rings. The molecule has 1 aromatic rings. The van der Waals surface area contributed by atoms with E-state index in [0.717, 1.165) is 5.92 Å². The van der Waals surface area contributed by atoms with E-state index in [-0.39, 0.29) is 0 Å². The van der Waals surface area contributed by atoms with Crippen LogP contribution in [0, 0.1) is 5.92 Å². The van der Waals surface area contributed by atoms with Crippen LogP contribution < -0.4 is 0 Å². The molecular weight excluding hydrogens is 146 g/mol. The van der Waals surface area contributed by atoms with E-state index in [9.17, 15) is 0 Å². The first-order chi connectivity index (χ1) is 5.70.